The normalized spacial score (nSPS) is 10.0. The van der Waals surface area contributed by atoms with Crippen molar-refractivity contribution in [3.8, 4) is 0 Å². The number of nitrogens with one attached hydrogen (secondary N) is 1. The Kier molecular flexibility index (Phi) is 3.66. The minimum Gasteiger partial charge on any atom is -0.468 e. The molecule has 0 bridgehead atoms. The number of carbonyl (C=O) groups is 1. The Bertz CT molecular complexity index is 439. The summed E-state index contributed by atoms with van der Waals surface area (Å²) in [6.45, 7) is 0. The number of carbonyl (C=O) groups excluding carboxylic acids is 1. The summed E-state index contributed by atoms with van der Waals surface area (Å²) in [7, 11) is 0. The number of hydrogen-bond acceptors (Lipinski definition) is 3. The summed E-state index contributed by atoms with van der Waals surface area (Å²) in [5.41, 5.74) is 0.805. The minimum absolute atomic E-state index is 0.0809. The van der Waals surface area contributed by atoms with E-state index in [0.29, 0.717) is 5.75 Å². The van der Waals surface area contributed by atoms with Gasteiger partial charge in [0.05, 0.1) is 12.0 Å². The smallest absolute Gasteiger partial charge is 0.283 e. The third-order valence-electron chi connectivity index (χ3n) is 1.95. The molecule has 0 radical (unpaired) electrons. The molecular weight excluding hydrogens is 222 g/mol. The van der Waals surface area contributed by atoms with Crippen molar-refractivity contribution in [3.05, 3.63) is 54.5 Å². The molecule has 0 saturated heterocycles. The Morgan fingerprint density at radius 2 is 2.00 bits per heavy atom. The van der Waals surface area contributed by atoms with Crippen LogP contribution in [0.4, 0.5) is 10.5 Å². The van der Waals surface area contributed by atoms with Gasteiger partial charge in [-0.15, -0.1) is 0 Å². The molecule has 0 saturated carbocycles. The predicted molar refractivity (Wildman–Crippen MR) is 65.5 cm³/mol. The summed E-state index contributed by atoms with van der Waals surface area (Å²) in [6.07, 6.45) is 1.60. The lowest BCUT2D eigenvalue weighted by atomic mass is 10.3. The summed E-state index contributed by atoms with van der Waals surface area (Å²) in [5, 5.41) is 2.71. The molecule has 0 aliphatic heterocycles. The number of rotatable bonds is 3. The molecule has 1 aromatic carbocycles. The molecule has 4 heteroatoms. The Hall–Kier alpha value is -1.68. The Labute approximate surface area is 97.8 Å². The fourth-order valence-electron chi connectivity index (χ4n) is 1.21. The van der Waals surface area contributed by atoms with Gasteiger partial charge in [0.15, 0.2) is 0 Å². The summed E-state index contributed by atoms with van der Waals surface area (Å²) >= 11 is 1.19. The van der Waals surface area contributed by atoms with E-state index in [1.54, 1.807) is 6.26 Å². The minimum atomic E-state index is -0.0809. The van der Waals surface area contributed by atoms with Crippen LogP contribution in [0.3, 0.4) is 0 Å². The first-order valence-corrected chi connectivity index (χ1v) is 5.84. The molecule has 3 nitrogen and oxygen atoms in total. The molecule has 0 atom stereocenters. The quantitative estimate of drug-likeness (QED) is 0.878. The maximum atomic E-state index is 11.5. The van der Waals surface area contributed by atoms with Crippen LogP contribution in [0.25, 0.3) is 0 Å². The lowest BCUT2D eigenvalue weighted by molar-refractivity contribution is 0.269. The number of para-hydroxylation sites is 1. The third kappa shape index (κ3) is 3.17. The van der Waals surface area contributed by atoms with E-state index in [2.05, 4.69) is 5.32 Å². The van der Waals surface area contributed by atoms with Crippen molar-refractivity contribution in [2.75, 3.05) is 5.32 Å². The molecule has 0 unspecified atom stereocenters. The van der Waals surface area contributed by atoms with Crippen LogP contribution in [-0.2, 0) is 5.75 Å². The van der Waals surface area contributed by atoms with Crippen LogP contribution in [0.15, 0.2) is 53.1 Å². The number of benzene rings is 1. The standard InChI is InChI=1S/C12H11NO2S/c14-12(13-10-5-2-1-3-6-10)16-9-11-7-4-8-15-11/h1-8H,9H2,(H,13,14). The first-order valence-electron chi connectivity index (χ1n) is 4.86. The van der Waals surface area contributed by atoms with Crippen molar-refractivity contribution in [2.45, 2.75) is 5.75 Å². The molecule has 1 heterocycles. The van der Waals surface area contributed by atoms with Crippen molar-refractivity contribution in [2.24, 2.45) is 0 Å². The van der Waals surface area contributed by atoms with Gasteiger partial charge < -0.3 is 9.73 Å². The molecule has 0 aliphatic rings. The Balaban J connectivity index is 1.81. The lowest BCUT2D eigenvalue weighted by Gasteiger charge is -2.02. The van der Waals surface area contributed by atoms with Crippen LogP contribution in [0.2, 0.25) is 0 Å². The maximum absolute atomic E-state index is 11.5. The molecule has 1 N–H and O–H groups in total. The summed E-state index contributed by atoms with van der Waals surface area (Å²) < 4.78 is 5.13. The van der Waals surface area contributed by atoms with E-state index >= 15 is 0 Å². The topological polar surface area (TPSA) is 42.2 Å². The summed E-state index contributed by atoms with van der Waals surface area (Å²) in [5.74, 6) is 1.35. The molecule has 0 spiro atoms. The van der Waals surface area contributed by atoms with Crippen LogP contribution in [0.1, 0.15) is 5.76 Å². The number of anilines is 1. The molecule has 16 heavy (non-hydrogen) atoms. The Morgan fingerprint density at radius 1 is 1.19 bits per heavy atom. The van der Waals surface area contributed by atoms with Gasteiger partial charge in [0.1, 0.15) is 5.76 Å². The number of amides is 1. The monoisotopic (exact) mass is 233 g/mol. The van der Waals surface area contributed by atoms with Gasteiger partial charge in [0.2, 0.25) is 0 Å². The highest BCUT2D eigenvalue weighted by atomic mass is 32.2. The van der Waals surface area contributed by atoms with Crippen molar-refractivity contribution in [1.82, 2.24) is 0 Å². The van der Waals surface area contributed by atoms with Gasteiger partial charge in [-0.05, 0) is 24.3 Å². The molecule has 1 amide bonds. The molecule has 2 rings (SSSR count). The van der Waals surface area contributed by atoms with Crippen molar-refractivity contribution in [1.29, 1.82) is 0 Å². The zero-order chi connectivity index (χ0) is 11.2. The molecule has 2 aromatic rings. The van der Waals surface area contributed by atoms with Crippen LogP contribution in [-0.4, -0.2) is 5.24 Å². The van der Waals surface area contributed by atoms with Crippen LogP contribution >= 0.6 is 11.8 Å². The molecule has 0 fully saturated rings. The summed E-state index contributed by atoms with van der Waals surface area (Å²) in [4.78, 5) is 11.5. The van der Waals surface area contributed by atoms with Crippen molar-refractivity contribution < 1.29 is 9.21 Å². The van der Waals surface area contributed by atoms with E-state index in [1.807, 2.05) is 42.5 Å². The van der Waals surface area contributed by atoms with Crippen LogP contribution in [0, 0.1) is 0 Å². The van der Waals surface area contributed by atoms with Crippen molar-refractivity contribution in [3.63, 3.8) is 0 Å². The van der Waals surface area contributed by atoms with Gasteiger partial charge >= 0.3 is 0 Å². The van der Waals surface area contributed by atoms with Crippen molar-refractivity contribution >= 4 is 22.7 Å². The van der Waals surface area contributed by atoms with Gasteiger partial charge in [-0.1, -0.05) is 30.0 Å². The van der Waals surface area contributed by atoms with Gasteiger partial charge in [-0.2, -0.15) is 0 Å². The van der Waals surface area contributed by atoms with E-state index in [0.717, 1.165) is 11.4 Å². The molecule has 82 valence electrons. The fraction of sp³-hybridized carbons (Fsp3) is 0.0833. The number of furan rings is 1. The van der Waals surface area contributed by atoms with Crippen LogP contribution < -0.4 is 5.32 Å². The number of thioether (sulfide) groups is 1. The second-order valence-corrected chi connectivity index (χ2v) is 4.09. The highest BCUT2D eigenvalue weighted by Gasteiger charge is 2.04. The van der Waals surface area contributed by atoms with Gasteiger partial charge in [0.25, 0.3) is 5.24 Å². The highest BCUT2D eigenvalue weighted by molar-refractivity contribution is 8.13. The molecule has 0 aliphatic carbocycles. The van der Waals surface area contributed by atoms with E-state index in [-0.39, 0.29) is 5.24 Å². The van der Waals surface area contributed by atoms with Crippen LogP contribution in [0.5, 0.6) is 0 Å². The fourth-order valence-corrected chi connectivity index (χ4v) is 1.83. The SMILES string of the molecule is O=C(Nc1ccccc1)SCc1ccco1. The van der Waals surface area contributed by atoms with E-state index in [1.165, 1.54) is 11.8 Å². The number of hydrogen-bond donors (Lipinski definition) is 1. The average molecular weight is 233 g/mol. The third-order valence-corrected chi connectivity index (χ3v) is 2.74. The second-order valence-electron chi connectivity index (χ2n) is 3.15. The van der Waals surface area contributed by atoms with E-state index in [4.69, 9.17) is 4.42 Å². The van der Waals surface area contributed by atoms with E-state index < -0.39 is 0 Å². The maximum Gasteiger partial charge on any atom is 0.283 e. The zero-order valence-corrected chi connectivity index (χ0v) is 9.37. The van der Waals surface area contributed by atoms with Gasteiger partial charge in [-0.3, -0.25) is 4.79 Å². The molecular formula is C12H11NO2S. The Morgan fingerprint density at radius 3 is 2.69 bits per heavy atom. The first kappa shape index (κ1) is 10.8. The van der Waals surface area contributed by atoms with Gasteiger partial charge in [-0.25, -0.2) is 0 Å². The predicted octanol–water partition coefficient (Wildman–Crippen LogP) is 3.74. The average Bonchev–Trinajstić information content (AvgIpc) is 2.81. The summed E-state index contributed by atoms with van der Waals surface area (Å²) in [6, 6.07) is 13.0. The lowest BCUT2D eigenvalue weighted by Crippen LogP contribution is -2.04. The zero-order valence-electron chi connectivity index (χ0n) is 8.55. The second kappa shape index (κ2) is 5.42. The highest BCUT2D eigenvalue weighted by Crippen LogP contribution is 2.16. The van der Waals surface area contributed by atoms with Gasteiger partial charge in [0, 0.05) is 5.69 Å². The van der Waals surface area contributed by atoms with E-state index in [9.17, 15) is 4.79 Å². The first-order chi connectivity index (χ1) is 7.84. The largest absolute Gasteiger partial charge is 0.468 e. The molecule has 1 aromatic heterocycles.